The van der Waals surface area contributed by atoms with Crippen LogP contribution in [-0.2, 0) is 13.9 Å². The summed E-state index contributed by atoms with van der Waals surface area (Å²) in [7, 11) is -0.965. The van der Waals surface area contributed by atoms with E-state index in [1.54, 1.807) is 11.9 Å². The summed E-state index contributed by atoms with van der Waals surface area (Å²) in [6.45, 7) is 10.1. The van der Waals surface area contributed by atoms with Crippen molar-refractivity contribution in [2.24, 2.45) is 0 Å². The van der Waals surface area contributed by atoms with Crippen LogP contribution in [0.4, 0.5) is 4.79 Å². The molecule has 0 N–H and O–H groups in total. The molecule has 0 bridgehead atoms. The lowest BCUT2D eigenvalue weighted by Crippen LogP contribution is -2.67. The smallest absolute Gasteiger partial charge is 0.409 e. The number of hydrogen-bond donors (Lipinski definition) is 0. The van der Waals surface area contributed by atoms with E-state index in [1.165, 1.54) is 32.6 Å². The van der Waals surface area contributed by atoms with Gasteiger partial charge in [-0.05, 0) is 44.6 Å². The predicted octanol–water partition coefficient (Wildman–Crippen LogP) is 7.24. The van der Waals surface area contributed by atoms with Crippen LogP contribution in [0.15, 0.2) is 109 Å². The van der Waals surface area contributed by atoms with Gasteiger partial charge in [-0.2, -0.15) is 0 Å². The van der Waals surface area contributed by atoms with Gasteiger partial charge in [-0.3, -0.25) is 0 Å². The molecule has 6 heteroatoms. The van der Waals surface area contributed by atoms with Crippen molar-refractivity contribution in [1.82, 2.24) is 4.90 Å². The molecule has 0 saturated carbocycles. The van der Waals surface area contributed by atoms with Crippen LogP contribution in [0.2, 0.25) is 5.04 Å². The second-order valence-electron chi connectivity index (χ2n) is 12.8. The third-order valence-electron chi connectivity index (χ3n) is 8.84. The normalized spacial score (nSPS) is 13.2. The molecule has 238 valence electrons. The lowest BCUT2D eigenvalue weighted by atomic mass is 9.98. The van der Waals surface area contributed by atoms with Crippen molar-refractivity contribution in [3.63, 3.8) is 0 Å². The average Bonchev–Trinajstić information content (AvgIpc) is 3.39. The van der Waals surface area contributed by atoms with E-state index >= 15 is 0 Å². The van der Waals surface area contributed by atoms with Gasteiger partial charge < -0.3 is 18.8 Å². The summed E-state index contributed by atoms with van der Waals surface area (Å²) in [6, 6.07) is 37.9. The zero-order valence-corrected chi connectivity index (χ0v) is 28.7. The number of amides is 1. The maximum Gasteiger partial charge on any atom is 0.409 e. The fraction of sp³-hybridized carbons (Fsp3) is 0.325. The lowest BCUT2D eigenvalue weighted by Gasteiger charge is -2.43. The fourth-order valence-electron chi connectivity index (χ4n) is 6.51. The van der Waals surface area contributed by atoms with Gasteiger partial charge in [0.15, 0.2) is 0 Å². The summed E-state index contributed by atoms with van der Waals surface area (Å²) in [5, 5.41) is 2.31. The third kappa shape index (κ3) is 7.13. The van der Waals surface area contributed by atoms with Crippen LogP contribution in [0.5, 0.6) is 0 Å². The molecule has 0 spiro atoms. The molecule has 5 rings (SSSR count). The predicted molar refractivity (Wildman–Crippen MR) is 189 cm³/mol. The van der Waals surface area contributed by atoms with Crippen LogP contribution >= 0.6 is 0 Å². The van der Waals surface area contributed by atoms with Gasteiger partial charge in [0.2, 0.25) is 0 Å². The maximum absolute atomic E-state index is 13.1. The first-order chi connectivity index (χ1) is 22.3. The molecule has 1 amide bonds. The molecule has 0 radical (unpaired) electrons. The van der Waals surface area contributed by atoms with Gasteiger partial charge in [0, 0.05) is 25.9 Å². The van der Waals surface area contributed by atoms with E-state index in [0.717, 1.165) is 0 Å². The topological polar surface area (TPSA) is 48.0 Å². The summed E-state index contributed by atoms with van der Waals surface area (Å²) < 4.78 is 19.3. The van der Waals surface area contributed by atoms with Crippen LogP contribution in [0, 0.1) is 11.8 Å². The van der Waals surface area contributed by atoms with Crippen molar-refractivity contribution in [1.29, 1.82) is 0 Å². The highest BCUT2D eigenvalue weighted by Gasteiger charge is 2.50. The monoisotopic (exact) mass is 631 g/mol. The minimum absolute atomic E-state index is 0.0247. The first-order valence-electron chi connectivity index (χ1n) is 16.1. The Morgan fingerprint density at radius 2 is 1.35 bits per heavy atom. The molecule has 5 nitrogen and oxygen atoms in total. The minimum atomic E-state index is -2.72. The number of likely N-dealkylation sites (N-methyl/N-ethyl adjacent to an activating group) is 1. The van der Waals surface area contributed by atoms with Crippen molar-refractivity contribution in [2.75, 3.05) is 33.4 Å². The zero-order chi connectivity index (χ0) is 32.6. The van der Waals surface area contributed by atoms with Crippen molar-refractivity contribution in [3.05, 3.63) is 120 Å². The second-order valence-corrected chi connectivity index (χ2v) is 17.1. The van der Waals surface area contributed by atoms with Gasteiger partial charge in [0.1, 0.15) is 6.61 Å². The summed E-state index contributed by atoms with van der Waals surface area (Å²) in [5.41, 5.74) is 4.82. The Labute approximate surface area is 275 Å². The van der Waals surface area contributed by atoms with Gasteiger partial charge in [-0.1, -0.05) is 130 Å². The SMILES string of the molecule is CC#CCC(CO[Si](c1ccccc1)(c1ccccc1)C(C)(C)C)OCCN(C)C(=O)OCC1c2ccccc2-c2ccccc21. The highest BCUT2D eigenvalue weighted by molar-refractivity contribution is 6.99. The molecule has 0 heterocycles. The van der Waals surface area contributed by atoms with Gasteiger partial charge in [-0.15, -0.1) is 11.8 Å². The molecule has 4 aromatic carbocycles. The summed E-state index contributed by atoms with van der Waals surface area (Å²) in [5.74, 6) is 6.22. The van der Waals surface area contributed by atoms with Gasteiger partial charge >= 0.3 is 6.09 Å². The molecule has 0 saturated heterocycles. The number of fused-ring (bicyclic) bond motifs is 3. The summed E-state index contributed by atoms with van der Waals surface area (Å²) in [6.07, 6.45) is -0.0625. The highest BCUT2D eigenvalue weighted by atomic mass is 28.4. The van der Waals surface area contributed by atoms with Crippen molar-refractivity contribution < 1.29 is 18.7 Å². The van der Waals surface area contributed by atoms with Gasteiger partial charge in [0.25, 0.3) is 8.32 Å². The number of rotatable bonds is 12. The van der Waals surface area contributed by atoms with Crippen LogP contribution in [0.25, 0.3) is 11.1 Å². The third-order valence-corrected chi connectivity index (χ3v) is 13.8. The van der Waals surface area contributed by atoms with E-state index in [2.05, 4.69) is 118 Å². The summed E-state index contributed by atoms with van der Waals surface area (Å²) >= 11 is 0. The Bertz CT molecular complexity index is 1570. The Hall–Kier alpha value is -4.15. The second kappa shape index (κ2) is 15.0. The molecule has 1 aliphatic carbocycles. The molecule has 0 aliphatic heterocycles. The molecule has 0 fully saturated rings. The molecular weight excluding hydrogens is 587 g/mol. The van der Waals surface area contributed by atoms with E-state index in [4.69, 9.17) is 13.9 Å². The van der Waals surface area contributed by atoms with Crippen molar-refractivity contribution >= 4 is 24.8 Å². The van der Waals surface area contributed by atoms with Crippen LogP contribution in [0.3, 0.4) is 0 Å². The number of ether oxygens (including phenoxy) is 2. The number of carbonyl (C=O) groups excluding carboxylic acids is 1. The lowest BCUT2D eigenvalue weighted by molar-refractivity contribution is 0.0114. The van der Waals surface area contributed by atoms with Crippen molar-refractivity contribution in [2.45, 2.75) is 51.2 Å². The Balaban J connectivity index is 1.22. The number of benzene rings is 4. The molecule has 1 unspecified atom stereocenters. The first-order valence-corrected chi connectivity index (χ1v) is 18.0. The molecule has 4 aromatic rings. The van der Waals surface area contributed by atoms with Crippen LogP contribution in [0.1, 0.15) is 51.2 Å². The number of hydrogen-bond acceptors (Lipinski definition) is 4. The standard InChI is InChI=1S/C40H45NO4Si/c1-6-7-18-31(29-45-46(40(2,3)4,32-19-10-8-11-20-32)33-21-12-9-13-22-33)43-28-27-41(5)39(42)44-30-38-36-25-16-14-23-34(36)35-24-15-17-26-37(35)38/h8-17,19-26,31,38H,18,27-30H2,1-5H3. The maximum atomic E-state index is 13.1. The van der Waals surface area contributed by atoms with E-state index in [-0.39, 0.29) is 23.2 Å². The van der Waals surface area contributed by atoms with Gasteiger partial charge in [0.05, 0.1) is 19.3 Å². The van der Waals surface area contributed by atoms with Crippen LogP contribution in [-0.4, -0.2) is 58.8 Å². The quantitative estimate of drug-likeness (QED) is 0.122. The van der Waals surface area contributed by atoms with E-state index in [9.17, 15) is 4.79 Å². The Morgan fingerprint density at radius 3 is 1.87 bits per heavy atom. The largest absolute Gasteiger partial charge is 0.448 e. The molecule has 46 heavy (non-hydrogen) atoms. The van der Waals surface area contributed by atoms with E-state index < -0.39 is 8.32 Å². The summed E-state index contributed by atoms with van der Waals surface area (Å²) in [4.78, 5) is 14.6. The molecule has 1 atom stereocenters. The Morgan fingerprint density at radius 1 is 0.826 bits per heavy atom. The number of carbonyl (C=O) groups is 1. The molecular formula is C40H45NO4Si. The first kappa shape index (κ1) is 33.2. The van der Waals surface area contributed by atoms with Crippen molar-refractivity contribution in [3.8, 4) is 23.0 Å². The highest BCUT2D eigenvalue weighted by Crippen LogP contribution is 2.44. The minimum Gasteiger partial charge on any atom is -0.448 e. The average molecular weight is 632 g/mol. The zero-order valence-electron chi connectivity index (χ0n) is 27.7. The van der Waals surface area contributed by atoms with Gasteiger partial charge in [-0.25, -0.2) is 4.79 Å². The van der Waals surface area contributed by atoms with E-state index in [1.807, 2.05) is 31.2 Å². The fourth-order valence-corrected chi connectivity index (χ4v) is 11.1. The number of nitrogens with zero attached hydrogens (tertiary/aromatic N) is 1. The van der Waals surface area contributed by atoms with Crippen LogP contribution < -0.4 is 10.4 Å². The Kier molecular flexibility index (Phi) is 10.8. The molecule has 0 aromatic heterocycles. The molecule has 1 aliphatic rings. The van der Waals surface area contributed by atoms with E-state index in [0.29, 0.717) is 32.8 Å².